The molecule has 0 radical (unpaired) electrons. The molecule has 0 aromatic heterocycles. The molecule has 14 heavy (non-hydrogen) atoms. The van der Waals surface area contributed by atoms with Crippen molar-refractivity contribution in [2.45, 2.75) is 39.2 Å². The van der Waals surface area contributed by atoms with Crippen LogP contribution in [0.3, 0.4) is 0 Å². The largest absolute Gasteiger partial charge is 0.384 e. The summed E-state index contributed by atoms with van der Waals surface area (Å²) in [5.41, 5.74) is 1.27. The first-order valence-electron chi connectivity index (χ1n) is 5.40. The monoisotopic (exact) mass is 199 g/mol. The summed E-state index contributed by atoms with van der Waals surface area (Å²) in [6.07, 6.45) is 3.47. The summed E-state index contributed by atoms with van der Waals surface area (Å²) in [7, 11) is 3.79. The SMILES string of the molecule is C=C(C)CCC(CC(C)COC)NC. The fraction of sp³-hybridized carbons (Fsp3) is 0.833. The first-order valence-corrected chi connectivity index (χ1v) is 5.40. The number of hydrogen-bond acceptors (Lipinski definition) is 2. The highest BCUT2D eigenvalue weighted by Crippen LogP contribution is 2.12. The molecule has 0 saturated carbocycles. The van der Waals surface area contributed by atoms with Gasteiger partial charge in [-0.15, -0.1) is 6.58 Å². The van der Waals surface area contributed by atoms with Gasteiger partial charge in [-0.2, -0.15) is 0 Å². The van der Waals surface area contributed by atoms with Crippen LogP contribution >= 0.6 is 0 Å². The number of methoxy groups -OCH3 is 1. The summed E-state index contributed by atoms with van der Waals surface area (Å²) in [4.78, 5) is 0. The number of ether oxygens (including phenoxy) is 1. The number of hydrogen-bond donors (Lipinski definition) is 1. The number of rotatable bonds is 8. The van der Waals surface area contributed by atoms with Gasteiger partial charge in [-0.3, -0.25) is 0 Å². The molecule has 0 amide bonds. The molecular weight excluding hydrogens is 174 g/mol. The molecule has 0 saturated heterocycles. The van der Waals surface area contributed by atoms with Crippen LogP contribution in [0.4, 0.5) is 0 Å². The Labute approximate surface area is 88.7 Å². The Balaban J connectivity index is 3.71. The van der Waals surface area contributed by atoms with Crippen LogP contribution in [0.2, 0.25) is 0 Å². The quantitative estimate of drug-likeness (QED) is 0.607. The first-order chi connectivity index (χ1) is 6.60. The van der Waals surface area contributed by atoms with E-state index in [0.717, 1.165) is 13.0 Å². The van der Waals surface area contributed by atoms with E-state index in [1.54, 1.807) is 7.11 Å². The Morgan fingerprint density at radius 1 is 1.50 bits per heavy atom. The van der Waals surface area contributed by atoms with E-state index in [-0.39, 0.29) is 0 Å². The second-order valence-electron chi connectivity index (χ2n) is 4.28. The normalized spacial score (nSPS) is 15.1. The van der Waals surface area contributed by atoms with Crippen molar-refractivity contribution in [3.8, 4) is 0 Å². The second kappa shape index (κ2) is 8.01. The molecule has 0 fully saturated rings. The first kappa shape index (κ1) is 13.7. The lowest BCUT2D eigenvalue weighted by Gasteiger charge is -2.20. The molecule has 2 atom stereocenters. The Hall–Kier alpha value is -0.340. The van der Waals surface area contributed by atoms with Gasteiger partial charge in [0.2, 0.25) is 0 Å². The zero-order valence-electron chi connectivity index (χ0n) is 10.1. The van der Waals surface area contributed by atoms with Crippen molar-refractivity contribution in [1.29, 1.82) is 0 Å². The standard InChI is InChI=1S/C12H25NO/c1-10(2)6-7-12(13-4)8-11(3)9-14-5/h11-13H,1,6-9H2,2-5H3. The average molecular weight is 199 g/mol. The van der Waals surface area contributed by atoms with Crippen molar-refractivity contribution in [1.82, 2.24) is 5.32 Å². The van der Waals surface area contributed by atoms with Gasteiger partial charge < -0.3 is 10.1 Å². The third-order valence-corrected chi connectivity index (χ3v) is 2.47. The van der Waals surface area contributed by atoms with Gasteiger partial charge in [0.05, 0.1) is 0 Å². The van der Waals surface area contributed by atoms with Gasteiger partial charge in [0.15, 0.2) is 0 Å². The fourth-order valence-corrected chi connectivity index (χ4v) is 1.64. The van der Waals surface area contributed by atoms with Gasteiger partial charge in [0.1, 0.15) is 0 Å². The van der Waals surface area contributed by atoms with Crippen LogP contribution in [-0.2, 0) is 4.74 Å². The topological polar surface area (TPSA) is 21.3 Å². The molecule has 1 N–H and O–H groups in total. The van der Waals surface area contributed by atoms with Crippen LogP contribution in [0.5, 0.6) is 0 Å². The maximum Gasteiger partial charge on any atom is 0.0488 e. The molecule has 0 aliphatic carbocycles. The third kappa shape index (κ3) is 7.10. The second-order valence-corrected chi connectivity index (χ2v) is 4.28. The molecule has 0 bridgehead atoms. The lowest BCUT2D eigenvalue weighted by molar-refractivity contribution is 0.149. The van der Waals surface area contributed by atoms with Crippen LogP contribution < -0.4 is 5.32 Å². The summed E-state index contributed by atoms with van der Waals surface area (Å²) in [6.45, 7) is 9.10. The predicted molar refractivity (Wildman–Crippen MR) is 62.6 cm³/mol. The minimum absolute atomic E-state index is 0.594. The molecule has 0 rings (SSSR count). The van der Waals surface area contributed by atoms with Crippen LogP contribution in [0.25, 0.3) is 0 Å². The van der Waals surface area contributed by atoms with E-state index in [1.807, 2.05) is 7.05 Å². The number of nitrogens with one attached hydrogen (secondary N) is 1. The van der Waals surface area contributed by atoms with E-state index in [1.165, 1.54) is 18.4 Å². The smallest absolute Gasteiger partial charge is 0.0488 e. The van der Waals surface area contributed by atoms with E-state index in [0.29, 0.717) is 12.0 Å². The van der Waals surface area contributed by atoms with Crippen LogP contribution in [0, 0.1) is 5.92 Å². The van der Waals surface area contributed by atoms with Crippen molar-refractivity contribution < 1.29 is 4.74 Å². The Morgan fingerprint density at radius 3 is 2.57 bits per heavy atom. The summed E-state index contributed by atoms with van der Waals surface area (Å²) >= 11 is 0. The van der Waals surface area contributed by atoms with Gasteiger partial charge in [-0.1, -0.05) is 12.5 Å². The number of allylic oxidation sites excluding steroid dienone is 1. The van der Waals surface area contributed by atoms with E-state index in [4.69, 9.17) is 4.74 Å². The van der Waals surface area contributed by atoms with E-state index >= 15 is 0 Å². The van der Waals surface area contributed by atoms with E-state index in [9.17, 15) is 0 Å². The van der Waals surface area contributed by atoms with Gasteiger partial charge in [-0.05, 0) is 39.2 Å². The molecule has 84 valence electrons. The Kier molecular flexibility index (Phi) is 7.81. The van der Waals surface area contributed by atoms with Crippen molar-refractivity contribution in [2.75, 3.05) is 20.8 Å². The summed E-state index contributed by atoms with van der Waals surface area (Å²) in [5.74, 6) is 0.627. The zero-order chi connectivity index (χ0) is 11.0. The molecule has 0 aliphatic rings. The molecule has 2 heteroatoms. The molecule has 0 aliphatic heterocycles. The van der Waals surface area contributed by atoms with Gasteiger partial charge in [0.25, 0.3) is 0 Å². The highest BCUT2D eigenvalue weighted by molar-refractivity contribution is 4.89. The molecule has 2 nitrogen and oxygen atoms in total. The molecule has 0 aromatic rings. The maximum absolute atomic E-state index is 5.13. The van der Waals surface area contributed by atoms with Crippen molar-refractivity contribution in [3.05, 3.63) is 12.2 Å². The van der Waals surface area contributed by atoms with Crippen LogP contribution in [0.15, 0.2) is 12.2 Å². The van der Waals surface area contributed by atoms with Gasteiger partial charge in [-0.25, -0.2) is 0 Å². The summed E-state index contributed by atoms with van der Waals surface area (Å²) in [6, 6.07) is 0.594. The molecular formula is C12H25NO. The third-order valence-electron chi connectivity index (χ3n) is 2.47. The minimum Gasteiger partial charge on any atom is -0.384 e. The highest BCUT2D eigenvalue weighted by atomic mass is 16.5. The van der Waals surface area contributed by atoms with Crippen molar-refractivity contribution in [3.63, 3.8) is 0 Å². The minimum atomic E-state index is 0.594. The molecule has 2 unspecified atom stereocenters. The highest BCUT2D eigenvalue weighted by Gasteiger charge is 2.10. The fourth-order valence-electron chi connectivity index (χ4n) is 1.64. The van der Waals surface area contributed by atoms with Crippen LogP contribution in [0.1, 0.15) is 33.1 Å². The Morgan fingerprint density at radius 2 is 2.14 bits per heavy atom. The van der Waals surface area contributed by atoms with Gasteiger partial charge >= 0.3 is 0 Å². The van der Waals surface area contributed by atoms with Gasteiger partial charge in [0, 0.05) is 19.8 Å². The predicted octanol–water partition coefficient (Wildman–Crippen LogP) is 2.60. The molecule has 0 heterocycles. The Bertz CT molecular complexity index is 156. The van der Waals surface area contributed by atoms with Crippen LogP contribution in [-0.4, -0.2) is 26.8 Å². The van der Waals surface area contributed by atoms with E-state index < -0.39 is 0 Å². The lowest BCUT2D eigenvalue weighted by Crippen LogP contribution is -2.28. The molecule has 0 aromatic carbocycles. The molecule has 0 spiro atoms. The van der Waals surface area contributed by atoms with E-state index in [2.05, 4.69) is 25.7 Å². The lowest BCUT2D eigenvalue weighted by atomic mass is 9.97. The zero-order valence-corrected chi connectivity index (χ0v) is 10.1. The average Bonchev–Trinajstić information content (AvgIpc) is 2.12. The van der Waals surface area contributed by atoms with Crippen molar-refractivity contribution in [2.24, 2.45) is 5.92 Å². The summed E-state index contributed by atoms with van der Waals surface area (Å²) in [5, 5.41) is 3.35. The maximum atomic E-state index is 5.13. The summed E-state index contributed by atoms with van der Waals surface area (Å²) < 4.78 is 5.13. The van der Waals surface area contributed by atoms with Crippen molar-refractivity contribution >= 4 is 0 Å².